The Morgan fingerprint density at radius 2 is 1.84 bits per heavy atom. The molecule has 0 saturated carbocycles. The first-order valence-corrected chi connectivity index (χ1v) is 8.01. The zero-order valence-corrected chi connectivity index (χ0v) is 15.6. The number of aromatic hydroxyl groups is 1. The summed E-state index contributed by atoms with van der Waals surface area (Å²) in [6.45, 7) is 4.55. The van der Waals surface area contributed by atoms with Crippen LogP contribution >= 0.6 is 0 Å². The molecule has 3 aromatic rings. The van der Waals surface area contributed by atoms with Gasteiger partial charge < -0.3 is 26.8 Å². The minimum Gasteiger partial charge on any atom is -1.00 e. The second-order valence-electron chi connectivity index (χ2n) is 6.62. The van der Waals surface area contributed by atoms with E-state index in [2.05, 4.69) is 0 Å². The van der Waals surface area contributed by atoms with Crippen molar-refractivity contribution in [2.24, 2.45) is 0 Å². The molecule has 1 aromatic heterocycles. The number of halogens is 1. The van der Waals surface area contributed by atoms with Crippen LogP contribution in [-0.4, -0.2) is 25.0 Å². The molecule has 0 saturated heterocycles. The Labute approximate surface area is 153 Å². The summed E-state index contributed by atoms with van der Waals surface area (Å²) in [7, 11) is 4.01. The first-order chi connectivity index (χ1) is 11.4. The van der Waals surface area contributed by atoms with Crippen LogP contribution in [0.3, 0.4) is 0 Å². The van der Waals surface area contributed by atoms with Gasteiger partial charge in [0.1, 0.15) is 24.1 Å². The second-order valence-corrected chi connectivity index (χ2v) is 6.62. The van der Waals surface area contributed by atoms with Crippen molar-refractivity contribution in [2.75, 3.05) is 14.1 Å². The first kappa shape index (κ1) is 19.0. The summed E-state index contributed by atoms with van der Waals surface area (Å²) in [5.74, 6) is 0.117. The number of ketones is 1. The number of phenolic OH excluding ortho intramolecular Hbond substituents is 1. The molecule has 25 heavy (non-hydrogen) atoms. The smallest absolute Gasteiger partial charge is 0.197 e. The van der Waals surface area contributed by atoms with E-state index in [4.69, 9.17) is 4.42 Å². The van der Waals surface area contributed by atoms with E-state index in [9.17, 15) is 9.90 Å². The summed E-state index contributed by atoms with van der Waals surface area (Å²) in [5, 5.41) is 11.0. The highest BCUT2D eigenvalue weighted by molar-refractivity contribution is 6.17. The summed E-state index contributed by atoms with van der Waals surface area (Å²) < 4.78 is 5.59. The van der Waals surface area contributed by atoms with Gasteiger partial charge >= 0.3 is 0 Å². The van der Waals surface area contributed by atoms with Gasteiger partial charge in [0.05, 0.1) is 25.2 Å². The van der Waals surface area contributed by atoms with Crippen LogP contribution in [0.4, 0.5) is 0 Å². The summed E-state index contributed by atoms with van der Waals surface area (Å²) in [4.78, 5) is 14.2. The van der Waals surface area contributed by atoms with E-state index >= 15 is 0 Å². The number of fused-ring (bicyclic) bond motifs is 1. The number of benzene rings is 2. The van der Waals surface area contributed by atoms with Crippen molar-refractivity contribution < 1.29 is 31.6 Å². The highest BCUT2D eigenvalue weighted by Gasteiger charge is 2.22. The number of rotatable bonds is 4. The third-order valence-corrected chi connectivity index (χ3v) is 4.22. The van der Waals surface area contributed by atoms with Gasteiger partial charge in [-0.25, -0.2) is 0 Å². The van der Waals surface area contributed by atoms with Crippen molar-refractivity contribution in [3.63, 3.8) is 0 Å². The SMILES string of the molecule is Cc1ccc(C(=O)c2coc3ccc(O)c(C[NH+](C)C)c23)c(C)c1.[Cl-]. The van der Waals surface area contributed by atoms with Crippen LogP contribution in [0.15, 0.2) is 41.0 Å². The van der Waals surface area contributed by atoms with E-state index < -0.39 is 0 Å². The molecule has 132 valence electrons. The van der Waals surface area contributed by atoms with Crippen molar-refractivity contribution in [2.45, 2.75) is 20.4 Å². The van der Waals surface area contributed by atoms with Gasteiger partial charge in [-0.15, -0.1) is 0 Å². The van der Waals surface area contributed by atoms with Gasteiger partial charge in [-0.05, 0) is 31.5 Å². The lowest BCUT2D eigenvalue weighted by Crippen LogP contribution is -3.04. The number of furan rings is 1. The largest absolute Gasteiger partial charge is 1.00 e. The van der Waals surface area contributed by atoms with Gasteiger partial charge in [0.25, 0.3) is 0 Å². The topological polar surface area (TPSA) is 54.9 Å². The third kappa shape index (κ3) is 3.55. The van der Waals surface area contributed by atoms with Gasteiger partial charge in [0.2, 0.25) is 0 Å². The molecule has 0 atom stereocenters. The molecule has 2 N–H and O–H groups in total. The van der Waals surface area contributed by atoms with Crippen LogP contribution in [0.5, 0.6) is 5.75 Å². The molecule has 0 radical (unpaired) electrons. The van der Waals surface area contributed by atoms with Gasteiger partial charge in [0.15, 0.2) is 5.78 Å². The van der Waals surface area contributed by atoms with E-state index in [0.29, 0.717) is 28.6 Å². The molecule has 0 aliphatic carbocycles. The number of carbonyl (C=O) groups is 1. The maximum absolute atomic E-state index is 13.1. The quantitative estimate of drug-likeness (QED) is 0.625. The van der Waals surface area contributed by atoms with E-state index in [0.717, 1.165) is 21.6 Å². The molecule has 3 rings (SSSR count). The zero-order valence-electron chi connectivity index (χ0n) is 14.8. The van der Waals surface area contributed by atoms with Gasteiger partial charge in [-0.1, -0.05) is 23.8 Å². The Kier molecular flexibility index (Phi) is 5.55. The van der Waals surface area contributed by atoms with E-state index in [1.165, 1.54) is 6.26 Å². The summed E-state index contributed by atoms with van der Waals surface area (Å²) in [5.41, 5.74) is 4.59. The highest BCUT2D eigenvalue weighted by Crippen LogP contribution is 2.32. The molecule has 0 aliphatic heterocycles. The van der Waals surface area contributed by atoms with E-state index in [1.807, 2.05) is 46.1 Å². The first-order valence-electron chi connectivity index (χ1n) is 8.01. The zero-order chi connectivity index (χ0) is 17.4. The van der Waals surface area contributed by atoms with Crippen molar-refractivity contribution in [1.82, 2.24) is 0 Å². The minimum absolute atomic E-state index is 0. The molecular formula is C20H22ClNO3. The van der Waals surface area contributed by atoms with Gasteiger partial charge in [-0.2, -0.15) is 0 Å². The number of carbonyl (C=O) groups excluding carboxylic acids is 1. The maximum Gasteiger partial charge on any atom is 0.197 e. The van der Waals surface area contributed by atoms with Crippen LogP contribution in [0.1, 0.15) is 32.6 Å². The lowest BCUT2D eigenvalue weighted by molar-refractivity contribution is -0.872. The second kappa shape index (κ2) is 7.30. The normalized spacial score (nSPS) is 10.9. The molecule has 5 heteroatoms. The van der Waals surface area contributed by atoms with Crippen LogP contribution in [0.25, 0.3) is 11.0 Å². The molecule has 4 nitrogen and oxygen atoms in total. The lowest BCUT2D eigenvalue weighted by Gasteiger charge is -2.11. The molecular weight excluding hydrogens is 338 g/mol. The molecule has 2 aromatic carbocycles. The van der Waals surface area contributed by atoms with Gasteiger partial charge in [-0.3, -0.25) is 4.79 Å². The standard InChI is InChI=1S/C20H21NO3.ClH/c1-12-5-6-14(13(2)9-12)20(23)16-11-24-18-8-7-17(22)15(19(16)18)10-21(3)4;/h5-9,11,22H,10H2,1-4H3;1H. The molecule has 1 heterocycles. The molecule has 0 aliphatic rings. The van der Waals surface area contributed by atoms with Crippen LogP contribution < -0.4 is 17.3 Å². The monoisotopic (exact) mass is 359 g/mol. The maximum atomic E-state index is 13.1. The van der Waals surface area contributed by atoms with E-state index in [-0.39, 0.29) is 23.9 Å². The number of quaternary nitrogens is 1. The third-order valence-electron chi connectivity index (χ3n) is 4.22. The number of phenols is 1. The fourth-order valence-corrected chi connectivity index (χ4v) is 3.10. The number of hydrogen-bond donors (Lipinski definition) is 2. The average molecular weight is 360 g/mol. The number of hydrogen-bond acceptors (Lipinski definition) is 3. The van der Waals surface area contributed by atoms with E-state index in [1.54, 1.807) is 12.1 Å². The highest BCUT2D eigenvalue weighted by atomic mass is 35.5. The van der Waals surface area contributed by atoms with Crippen LogP contribution in [0.2, 0.25) is 0 Å². The Hall–Kier alpha value is -2.30. The molecule has 0 unspecified atom stereocenters. The fourth-order valence-electron chi connectivity index (χ4n) is 3.10. The Morgan fingerprint density at radius 3 is 2.48 bits per heavy atom. The Bertz CT molecular complexity index is 928. The fraction of sp³-hybridized carbons (Fsp3) is 0.250. The summed E-state index contributed by atoms with van der Waals surface area (Å²) in [6, 6.07) is 9.11. The Morgan fingerprint density at radius 1 is 1.12 bits per heavy atom. The van der Waals surface area contributed by atoms with Gasteiger partial charge in [0, 0.05) is 10.9 Å². The van der Waals surface area contributed by atoms with Crippen LogP contribution in [-0.2, 0) is 6.54 Å². The van der Waals surface area contributed by atoms with Crippen molar-refractivity contribution in [1.29, 1.82) is 0 Å². The number of aryl methyl sites for hydroxylation is 2. The molecule has 0 fully saturated rings. The summed E-state index contributed by atoms with van der Waals surface area (Å²) >= 11 is 0. The van der Waals surface area contributed by atoms with Crippen molar-refractivity contribution in [3.05, 3.63) is 64.4 Å². The predicted octanol–water partition coefficient (Wildman–Crippen LogP) is -0.365. The summed E-state index contributed by atoms with van der Waals surface area (Å²) in [6.07, 6.45) is 1.50. The molecule has 0 bridgehead atoms. The van der Waals surface area contributed by atoms with Crippen molar-refractivity contribution in [3.8, 4) is 5.75 Å². The Balaban J connectivity index is 0.00000225. The van der Waals surface area contributed by atoms with Crippen molar-refractivity contribution >= 4 is 16.8 Å². The predicted molar refractivity (Wildman–Crippen MR) is 93.7 cm³/mol. The van der Waals surface area contributed by atoms with Crippen LogP contribution in [0, 0.1) is 13.8 Å². The minimum atomic E-state index is -0.0770. The number of nitrogens with one attached hydrogen (secondary N) is 1. The lowest BCUT2D eigenvalue weighted by atomic mass is 9.95. The molecule has 0 amide bonds. The molecule has 0 spiro atoms. The average Bonchev–Trinajstić information content (AvgIpc) is 2.93.